The monoisotopic (exact) mass is 305 g/mol. The molecule has 0 unspecified atom stereocenters. The van der Waals surface area contributed by atoms with Gasteiger partial charge in [0.2, 0.25) is 0 Å². The lowest BCUT2D eigenvalue weighted by Gasteiger charge is -2.38. The zero-order valence-corrected chi connectivity index (χ0v) is 13.8. The maximum Gasteiger partial charge on any atom is 0.123 e. The molecular weight excluding hydrogens is 277 g/mol. The van der Waals surface area contributed by atoms with Gasteiger partial charge in [0.1, 0.15) is 5.82 Å². The lowest BCUT2D eigenvalue weighted by atomic mass is 9.99. The Morgan fingerprint density at radius 2 is 1.82 bits per heavy atom. The second kappa shape index (κ2) is 7.07. The molecular formula is C18H28FN3. The topological polar surface area (TPSA) is 9.72 Å². The van der Waals surface area contributed by atoms with Gasteiger partial charge in [-0.2, -0.15) is 0 Å². The van der Waals surface area contributed by atoms with E-state index in [0.29, 0.717) is 12.0 Å². The highest BCUT2D eigenvalue weighted by atomic mass is 19.1. The van der Waals surface area contributed by atoms with Crippen LogP contribution in [-0.4, -0.2) is 74.1 Å². The number of likely N-dealkylation sites (tertiary alicyclic amines) is 1. The van der Waals surface area contributed by atoms with Crippen LogP contribution in [0.2, 0.25) is 0 Å². The molecule has 0 bridgehead atoms. The van der Waals surface area contributed by atoms with Crippen LogP contribution in [0, 0.1) is 5.82 Å². The fourth-order valence-corrected chi connectivity index (χ4v) is 3.79. The smallest absolute Gasteiger partial charge is 0.123 e. The largest absolute Gasteiger partial charge is 0.304 e. The average molecular weight is 305 g/mol. The van der Waals surface area contributed by atoms with E-state index in [9.17, 15) is 4.39 Å². The highest BCUT2D eigenvalue weighted by Gasteiger charge is 2.26. The molecule has 2 aliphatic rings. The first-order valence-electron chi connectivity index (χ1n) is 8.48. The minimum Gasteiger partial charge on any atom is -0.304 e. The average Bonchev–Trinajstić information content (AvgIpc) is 2.98. The van der Waals surface area contributed by atoms with E-state index in [4.69, 9.17) is 0 Å². The second-order valence-corrected chi connectivity index (χ2v) is 7.02. The van der Waals surface area contributed by atoms with Crippen LogP contribution in [-0.2, 0) is 0 Å². The molecule has 22 heavy (non-hydrogen) atoms. The first-order valence-corrected chi connectivity index (χ1v) is 8.48. The number of benzene rings is 1. The molecule has 1 aromatic carbocycles. The van der Waals surface area contributed by atoms with Crippen molar-refractivity contribution in [2.75, 3.05) is 53.4 Å². The van der Waals surface area contributed by atoms with Crippen LogP contribution in [0.1, 0.15) is 24.3 Å². The Hall–Kier alpha value is -0.970. The fourth-order valence-electron chi connectivity index (χ4n) is 3.79. The predicted molar refractivity (Wildman–Crippen MR) is 88.7 cm³/mol. The second-order valence-electron chi connectivity index (χ2n) is 7.02. The summed E-state index contributed by atoms with van der Waals surface area (Å²) in [6, 6.07) is 7.76. The third-order valence-electron chi connectivity index (χ3n) is 5.37. The van der Waals surface area contributed by atoms with Crippen LogP contribution in [0.25, 0.3) is 0 Å². The molecule has 0 spiro atoms. The molecule has 0 N–H and O–H groups in total. The summed E-state index contributed by atoms with van der Waals surface area (Å²) in [5.74, 6) is 0.440. The van der Waals surface area contributed by atoms with Gasteiger partial charge in [0.05, 0.1) is 0 Å². The number of rotatable bonds is 4. The molecule has 2 atom stereocenters. The third-order valence-corrected chi connectivity index (χ3v) is 5.37. The van der Waals surface area contributed by atoms with Crippen LogP contribution >= 0.6 is 0 Å². The summed E-state index contributed by atoms with van der Waals surface area (Å²) in [6.45, 7) is 7.03. The first kappa shape index (κ1) is 15.9. The molecule has 0 aromatic heterocycles. The molecule has 0 radical (unpaired) electrons. The number of piperazine rings is 1. The number of nitrogens with zero attached hydrogens (tertiary/aromatic N) is 3. The molecule has 0 amide bonds. The molecule has 2 fully saturated rings. The van der Waals surface area contributed by atoms with Crippen LogP contribution in [0.3, 0.4) is 0 Å². The maximum absolute atomic E-state index is 13.0. The predicted octanol–water partition coefficient (Wildman–Crippen LogP) is 2.25. The molecule has 0 saturated carbocycles. The van der Waals surface area contributed by atoms with Crippen LogP contribution in [0.5, 0.6) is 0 Å². The van der Waals surface area contributed by atoms with Crippen molar-refractivity contribution in [3.63, 3.8) is 0 Å². The standard InChI is InChI=1S/C18H28FN3/c1-20-11-12-21(2)18(14-20)8-10-22-9-7-16(13-22)15-3-5-17(19)6-4-15/h3-6,16,18H,7-14H2,1-2H3/t16-,18-/m1/s1. The summed E-state index contributed by atoms with van der Waals surface area (Å²) in [5.41, 5.74) is 1.29. The zero-order valence-electron chi connectivity index (χ0n) is 13.8. The Balaban J connectivity index is 1.47. The van der Waals surface area contributed by atoms with Gasteiger partial charge in [-0.15, -0.1) is 0 Å². The van der Waals surface area contributed by atoms with Gasteiger partial charge < -0.3 is 14.7 Å². The number of hydrogen-bond acceptors (Lipinski definition) is 3. The van der Waals surface area contributed by atoms with Crippen molar-refractivity contribution >= 4 is 0 Å². The molecule has 2 saturated heterocycles. The van der Waals surface area contributed by atoms with Crippen LogP contribution in [0.15, 0.2) is 24.3 Å². The van der Waals surface area contributed by atoms with Gasteiger partial charge >= 0.3 is 0 Å². The van der Waals surface area contributed by atoms with Crippen LogP contribution < -0.4 is 0 Å². The molecule has 0 aliphatic carbocycles. The number of likely N-dealkylation sites (N-methyl/N-ethyl adjacent to an activating group) is 2. The summed E-state index contributed by atoms with van der Waals surface area (Å²) < 4.78 is 13.0. The van der Waals surface area contributed by atoms with E-state index in [1.54, 1.807) is 12.1 Å². The van der Waals surface area contributed by atoms with Crippen LogP contribution in [0.4, 0.5) is 4.39 Å². The van der Waals surface area contributed by atoms with Crippen molar-refractivity contribution in [3.8, 4) is 0 Å². The van der Waals surface area contributed by atoms with Gasteiger partial charge in [-0.05, 0) is 63.6 Å². The SMILES string of the molecule is CN1CCN(C)[C@H](CCN2CC[C@@H](c3ccc(F)cc3)C2)C1. The van der Waals surface area contributed by atoms with Gasteiger partial charge in [-0.25, -0.2) is 4.39 Å². The van der Waals surface area contributed by atoms with Crippen molar-refractivity contribution in [3.05, 3.63) is 35.6 Å². The molecule has 4 heteroatoms. The normalized spacial score (nSPS) is 28.3. The summed E-state index contributed by atoms with van der Waals surface area (Å²) in [5, 5.41) is 0. The number of hydrogen-bond donors (Lipinski definition) is 0. The van der Waals surface area contributed by atoms with Gasteiger partial charge in [-0.3, -0.25) is 0 Å². The molecule has 2 aliphatic heterocycles. The minimum atomic E-state index is -0.136. The van der Waals surface area contributed by atoms with E-state index in [2.05, 4.69) is 28.8 Å². The van der Waals surface area contributed by atoms with E-state index in [1.165, 1.54) is 51.1 Å². The van der Waals surface area contributed by atoms with E-state index in [1.807, 2.05) is 12.1 Å². The van der Waals surface area contributed by atoms with Crippen molar-refractivity contribution < 1.29 is 4.39 Å². The highest BCUT2D eigenvalue weighted by molar-refractivity contribution is 5.21. The summed E-state index contributed by atoms with van der Waals surface area (Å²) in [7, 11) is 4.48. The van der Waals surface area contributed by atoms with Gasteiger partial charge in [0.25, 0.3) is 0 Å². The Morgan fingerprint density at radius 3 is 2.59 bits per heavy atom. The molecule has 1 aromatic rings. The maximum atomic E-state index is 13.0. The molecule has 3 rings (SSSR count). The lowest BCUT2D eigenvalue weighted by Crippen LogP contribution is -2.50. The van der Waals surface area contributed by atoms with Crippen molar-refractivity contribution in [1.82, 2.24) is 14.7 Å². The Bertz CT molecular complexity index is 476. The van der Waals surface area contributed by atoms with Crippen molar-refractivity contribution in [2.45, 2.75) is 24.8 Å². The molecule has 122 valence electrons. The van der Waals surface area contributed by atoms with Gasteiger partial charge in [-0.1, -0.05) is 12.1 Å². The lowest BCUT2D eigenvalue weighted by molar-refractivity contribution is 0.101. The Kier molecular flexibility index (Phi) is 5.11. The van der Waals surface area contributed by atoms with E-state index < -0.39 is 0 Å². The van der Waals surface area contributed by atoms with Gasteiger partial charge in [0, 0.05) is 32.2 Å². The molecule has 3 nitrogen and oxygen atoms in total. The van der Waals surface area contributed by atoms with E-state index in [0.717, 1.165) is 6.54 Å². The third kappa shape index (κ3) is 3.86. The summed E-state index contributed by atoms with van der Waals surface area (Å²) in [4.78, 5) is 7.53. The van der Waals surface area contributed by atoms with E-state index in [-0.39, 0.29) is 5.82 Å². The van der Waals surface area contributed by atoms with Gasteiger partial charge in [0.15, 0.2) is 0 Å². The minimum absolute atomic E-state index is 0.136. The molecule has 2 heterocycles. The summed E-state index contributed by atoms with van der Waals surface area (Å²) in [6.07, 6.45) is 2.45. The van der Waals surface area contributed by atoms with E-state index >= 15 is 0 Å². The van der Waals surface area contributed by atoms with Crippen molar-refractivity contribution in [2.24, 2.45) is 0 Å². The first-order chi connectivity index (χ1) is 10.6. The Labute approximate surface area is 133 Å². The Morgan fingerprint density at radius 1 is 1.05 bits per heavy atom. The summed E-state index contributed by atoms with van der Waals surface area (Å²) >= 11 is 0. The fraction of sp³-hybridized carbons (Fsp3) is 0.667. The van der Waals surface area contributed by atoms with Crippen molar-refractivity contribution in [1.29, 1.82) is 0 Å². The zero-order chi connectivity index (χ0) is 15.5. The number of halogens is 1. The quantitative estimate of drug-likeness (QED) is 0.845. The highest BCUT2D eigenvalue weighted by Crippen LogP contribution is 2.27.